The molecule has 3 aromatic rings. The van der Waals surface area contributed by atoms with Gasteiger partial charge in [0.15, 0.2) is 0 Å². The van der Waals surface area contributed by atoms with Crippen molar-refractivity contribution < 1.29 is 22.9 Å². The third-order valence-corrected chi connectivity index (χ3v) is 7.69. The van der Waals surface area contributed by atoms with Gasteiger partial charge in [-0.15, -0.1) is 0 Å². The zero-order valence-electron chi connectivity index (χ0n) is 18.8. The Kier molecular flexibility index (Phi) is 6.74. The average molecular weight is 499 g/mol. The van der Waals surface area contributed by atoms with Crippen molar-refractivity contribution >= 4 is 38.9 Å². The Bertz CT molecular complexity index is 1370. The van der Waals surface area contributed by atoms with E-state index in [1.807, 2.05) is 20.2 Å². The Morgan fingerprint density at radius 2 is 1.76 bits per heavy atom. The first-order valence-corrected chi connectivity index (χ1v) is 12.7. The molecule has 176 valence electrons. The average Bonchev–Trinajstić information content (AvgIpc) is 2.87. The van der Waals surface area contributed by atoms with Crippen LogP contribution < -0.4 is 15.1 Å². The maximum absolute atomic E-state index is 13.6. The molecular weight excluding hydrogens is 474 g/mol. The predicted octanol–water partition coefficient (Wildman–Crippen LogP) is 2.21. The zero-order chi connectivity index (χ0) is 24.5. The lowest BCUT2D eigenvalue weighted by atomic mass is 10.1. The van der Waals surface area contributed by atoms with E-state index in [-0.39, 0.29) is 39.1 Å². The summed E-state index contributed by atoms with van der Waals surface area (Å²) >= 11 is 6.14. The van der Waals surface area contributed by atoms with Gasteiger partial charge in [-0.25, -0.2) is 8.42 Å². The Labute approximate surface area is 203 Å². The molecule has 0 unspecified atom stereocenters. The van der Waals surface area contributed by atoms with Crippen molar-refractivity contribution in [2.75, 3.05) is 32.1 Å². The summed E-state index contributed by atoms with van der Waals surface area (Å²) in [6.45, 7) is 1.29. The van der Waals surface area contributed by atoms with Gasteiger partial charge in [0.05, 0.1) is 54.8 Å². The summed E-state index contributed by atoms with van der Waals surface area (Å²) in [6.07, 6.45) is 0. The number of hydrogen-bond acceptors (Lipinski definition) is 4. The maximum Gasteiger partial charge on any atom is 0.259 e. The summed E-state index contributed by atoms with van der Waals surface area (Å²) in [5, 5.41) is 3.35. The van der Waals surface area contributed by atoms with Crippen molar-refractivity contribution in [3.63, 3.8) is 0 Å². The molecule has 3 aromatic carbocycles. The minimum atomic E-state index is -4.00. The van der Waals surface area contributed by atoms with Gasteiger partial charge in [-0.05, 0) is 48.0 Å². The summed E-state index contributed by atoms with van der Waals surface area (Å²) in [7, 11) is -0.0333. The van der Waals surface area contributed by atoms with E-state index < -0.39 is 15.7 Å². The van der Waals surface area contributed by atoms with Crippen LogP contribution in [-0.2, 0) is 16.4 Å². The molecule has 9 heteroatoms. The molecule has 2 amide bonds. The molecule has 0 aliphatic carbocycles. The lowest BCUT2D eigenvalue weighted by molar-refractivity contribution is -0.856. The summed E-state index contributed by atoms with van der Waals surface area (Å²) in [6, 6.07) is 17.5. The second-order valence-electron chi connectivity index (χ2n) is 8.42. The third kappa shape index (κ3) is 4.70. The molecule has 0 aromatic heterocycles. The second kappa shape index (κ2) is 9.58. The zero-order valence-corrected chi connectivity index (χ0v) is 20.4. The number of carbonyl (C=O) groups is 2. The number of quaternary nitrogens is 1. The second-order valence-corrected chi connectivity index (χ2v) is 10.7. The fourth-order valence-corrected chi connectivity index (χ4v) is 5.69. The van der Waals surface area contributed by atoms with Gasteiger partial charge in [-0.2, -0.15) is 0 Å². The molecule has 0 radical (unpaired) electrons. The highest BCUT2D eigenvalue weighted by molar-refractivity contribution is 7.91. The fraction of sp³-hybridized carbons (Fsp3) is 0.200. The van der Waals surface area contributed by atoms with E-state index in [1.165, 1.54) is 40.1 Å². The Hall–Kier alpha value is -3.20. The van der Waals surface area contributed by atoms with Crippen LogP contribution in [0, 0.1) is 0 Å². The van der Waals surface area contributed by atoms with Crippen LogP contribution in [0.1, 0.15) is 26.3 Å². The highest BCUT2D eigenvalue weighted by atomic mass is 35.5. The van der Waals surface area contributed by atoms with Crippen LogP contribution in [0.3, 0.4) is 0 Å². The highest BCUT2D eigenvalue weighted by Gasteiger charge is 2.36. The van der Waals surface area contributed by atoms with Crippen molar-refractivity contribution in [1.82, 2.24) is 5.32 Å². The first-order valence-electron chi connectivity index (χ1n) is 10.8. The van der Waals surface area contributed by atoms with E-state index in [2.05, 4.69) is 5.32 Å². The standard InChI is InChI=1S/C25H24ClN3O4S/c1-28(2)13-12-27-24(30)18-10-11-23-21(15-18)29(16-17-6-5-7-19(26)14-17)25(31)20-8-3-4-9-22(20)34(23,32)33/h3-11,14-15H,12-13,16H2,1-2H3,(H,27,30)/p+1. The molecular formula is C25H25ClN3O4S+. The molecule has 0 bridgehead atoms. The van der Waals surface area contributed by atoms with Crippen molar-refractivity contribution in [2.45, 2.75) is 16.3 Å². The lowest BCUT2D eigenvalue weighted by Crippen LogP contribution is -3.06. The Morgan fingerprint density at radius 1 is 1.00 bits per heavy atom. The topological polar surface area (TPSA) is 88.0 Å². The van der Waals surface area contributed by atoms with Crippen LogP contribution in [0.2, 0.25) is 5.02 Å². The van der Waals surface area contributed by atoms with E-state index in [0.29, 0.717) is 11.6 Å². The van der Waals surface area contributed by atoms with Gasteiger partial charge in [0.2, 0.25) is 9.84 Å². The van der Waals surface area contributed by atoms with Gasteiger partial charge in [-0.1, -0.05) is 35.9 Å². The van der Waals surface area contributed by atoms with Gasteiger partial charge < -0.3 is 15.1 Å². The number of hydrogen-bond donors (Lipinski definition) is 2. The number of rotatable bonds is 6. The van der Waals surface area contributed by atoms with Gasteiger partial charge in [-0.3, -0.25) is 9.59 Å². The van der Waals surface area contributed by atoms with Crippen LogP contribution in [0.5, 0.6) is 0 Å². The van der Waals surface area contributed by atoms with Crippen molar-refractivity contribution in [3.8, 4) is 0 Å². The van der Waals surface area contributed by atoms with E-state index in [0.717, 1.165) is 12.1 Å². The Morgan fingerprint density at radius 3 is 2.50 bits per heavy atom. The number of nitrogens with zero attached hydrogens (tertiary/aromatic N) is 1. The number of benzene rings is 3. The van der Waals surface area contributed by atoms with Gasteiger partial charge in [0.1, 0.15) is 0 Å². The maximum atomic E-state index is 13.6. The van der Waals surface area contributed by atoms with Crippen molar-refractivity contribution in [3.05, 3.63) is 88.4 Å². The molecule has 0 atom stereocenters. The molecule has 34 heavy (non-hydrogen) atoms. The minimum absolute atomic E-state index is 0.0258. The smallest absolute Gasteiger partial charge is 0.259 e. The summed E-state index contributed by atoms with van der Waals surface area (Å²) < 4.78 is 27.1. The lowest BCUT2D eigenvalue weighted by Gasteiger charge is -2.23. The first kappa shape index (κ1) is 23.9. The number of fused-ring (bicyclic) bond motifs is 2. The molecule has 2 N–H and O–H groups in total. The monoisotopic (exact) mass is 498 g/mol. The van der Waals surface area contributed by atoms with E-state index in [4.69, 9.17) is 11.6 Å². The quantitative estimate of drug-likeness (QED) is 0.545. The third-order valence-electron chi connectivity index (χ3n) is 5.59. The fourth-order valence-electron chi connectivity index (χ4n) is 3.85. The number of sulfone groups is 1. The molecule has 0 saturated carbocycles. The summed E-state index contributed by atoms with van der Waals surface area (Å²) in [5.41, 5.74) is 1.25. The van der Waals surface area contributed by atoms with Gasteiger partial charge in [0, 0.05) is 10.6 Å². The van der Waals surface area contributed by atoms with Crippen LogP contribution in [0.25, 0.3) is 0 Å². The summed E-state index contributed by atoms with van der Waals surface area (Å²) in [5.74, 6) is -0.801. The largest absolute Gasteiger partial charge is 0.346 e. The number of likely N-dealkylation sites (N-methyl/N-ethyl adjacent to an activating group) is 1. The molecule has 4 rings (SSSR count). The van der Waals surface area contributed by atoms with Crippen LogP contribution in [-0.4, -0.2) is 47.4 Å². The molecule has 1 heterocycles. The highest BCUT2D eigenvalue weighted by Crippen LogP contribution is 2.38. The van der Waals surface area contributed by atoms with Crippen molar-refractivity contribution in [1.29, 1.82) is 0 Å². The molecule has 1 aliphatic rings. The first-order chi connectivity index (χ1) is 16.2. The van der Waals surface area contributed by atoms with Gasteiger partial charge in [0.25, 0.3) is 11.8 Å². The molecule has 1 aliphatic heterocycles. The van der Waals surface area contributed by atoms with Gasteiger partial charge >= 0.3 is 0 Å². The molecule has 0 spiro atoms. The Balaban J connectivity index is 1.84. The predicted molar refractivity (Wildman–Crippen MR) is 130 cm³/mol. The SMILES string of the molecule is C[NH+](C)CCNC(=O)c1ccc2c(c1)N(Cc1cccc(Cl)c1)C(=O)c1ccccc1S2(=O)=O. The number of carbonyl (C=O) groups excluding carboxylic acids is 2. The molecule has 0 fully saturated rings. The van der Waals surface area contributed by atoms with E-state index in [9.17, 15) is 18.0 Å². The normalized spacial score (nSPS) is 14.4. The van der Waals surface area contributed by atoms with E-state index in [1.54, 1.807) is 30.3 Å². The molecule has 0 saturated heterocycles. The molecule has 7 nitrogen and oxygen atoms in total. The van der Waals surface area contributed by atoms with E-state index >= 15 is 0 Å². The number of nitrogens with one attached hydrogen (secondary N) is 2. The van der Waals surface area contributed by atoms with Crippen LogP contribution in [0.15, 0.2) is 76.5 Å². The minimum Gasteiger partial charge on any atom is -0.346 e. The number of amides is 2. The summed E-state index contributed by atoms with van der Waals surface area (Å²) in [4.78, 5) is 28.9. The van der Waals surface area contributed by atoms with Crippen LogP contribution >= 0.6 is 11.6 Å². The van der Waals surface area contributed by atoms with Crippen LogP contribution in [0.4, 0.5) is 5.69 Å². The van der Waals surface area contributed by atoms with Crippen molar-refractivity contribution in [2.24, 2.45) is 0 Å². The number of halogens is 1. The number of anilines is 1.